The van der Waals surface area contributed by atoms with Crippen LogP contribution in [0.25, 0.3) is 176 Å². The van der Waals surface area contributed by atoms with E-state index in [4.69, 9.17) is 9.97 Å². The minimum atomic E-state index is 0.903. The lowest BCUT2D eigenvalue weighted by Gasteiger charge is -2.20. The van der Waals surface area contributed by atoms with Gasteiger partial charge < -0.3 is 0 Å². The molecule has 0 radical (unpaired) electrons. The van der Waals surface area contributed by atoms with Crippen molar-refractivity contribution in [2.75, 3.05) is 0 Å². The van der Waals surface area contributed by atoms with Gasteiger partial charge in [-0.25, -0.2) is 9.97 Å². The van der Waals surface area contributed by atoms with E-state index in [9.17, 15) is 0 Å². The molecule has 2 aromatic heterocycles. The minimum absolute atomic E-state index is 0.903. The van der Waals surface area contributed by atoms with Crippen LogP contribution >= 0.6 is 0 Å². The number of fused-ring (bicyclic) bond motifs is 8. The molecule has 0 amide bonds. The molecule has 0 fully saturated rings. The monoisotopic (exact) mass is 1140 g/mol. The van der Waals surface area contributed by atoms with E-state index in [2.05, 4.69) is 337 Å². The van der Waals surface area contributed by atoms with Crippen LogP contribution in [-0.2, 0) is 0 Å². The van der Waals surface area contributed by atoms with Gasteiger partial charge in [0.05, 0.1) is 22.1 Å². The highest BCUT2D eigenvalue weighted by Gasteiger charge is 2.25. The fraction of sp³-hybridized carbons (Fsp3) is 0. The maximum Gasteiger partial charge on any atom is 0.146 e. The Hall–Kier alpha value is -12.0. The third-order valence-electron chi connectivity index (χ3n) is 18.4. The van der Waals surface area contributed by atoms with E-state index < -0.39 is 0 Å². The quantitative estimate of drug-likeness (QED) is 0.135. The van der Waals surface area contributed by atoms with Crippen molar-refractivity contribution in [3.63, 3.8) is 0 Å². The Morgan fingerprint density at radius 2 is 0.489 bits per heavy atom. The van der Waals surface area contributed by atoms with E-state index in [1.807, 2.05) is 0 Å². The molecule has 4 nitrogen and oxygen atoms in total. The van der Waals surface area contributed by atoms with Crippen LogP contribution in [0.3, 0.4) is 0 Å². The zero-order chi connectivity index (χ0) is 59.2. The van der Waals surface area contributed by atoms with Gasteiger partial charge in [-0.1, -0.05) is 243 Å². The summed E-state index contributed by atoms with van der Waals surface area (Å²) < 4.78 is 4.65. The van der Waals surface area contributed by atoms with Gasteiger partial charge in [0, 0.05) is 22.5 Å². The van der Waals surface area contributed by atoms with Crippen LogP contribution < -0.4 is 0 Å². The molecule has 0 aliphatic carbocycles. The maximum atomic E-state index is 5.55. The highest BCUT2D eigenvalue weighted by atomic mass is 15.1. The first-order valence-corrected chi connectivity index (χ1v) is 30.9. The summed E-state index contributed by atoms with van der Waals surface area (Å²) in [6.45, 7) is 0. The summed E-state index contributed by atoms with van der Waals surface area (Å²) in [4.78, 5) is 10.9. The predicted octanol–water partition coefficient (Wildman–Crippen LogP) is 23.0. The highest BCUT2D eigenvalue weighted by molar-refractivity contribution is 6.26. The summed E-state index contributed by atoms with van der Waals surface area (Å²) in [5.41, 5.74) is 20.1. The van der Waals surface area contributed by atoms with Crippen molar-refractivity contribution in [1.82, 2.24) is 19.1 Å². The zero-order valence-corrected chi connectivity index (χ0v) is 49.0. The van der Waals surface area contributed by atoms with Crippen LogP contribution in [0.4, 0.5) is 0 Å². The molecule has 0 N–H and O–H groups in total. The smallest absolute Gasteiger partial charge is 0.146 e. The number of aromatic nitrogens is 4. The average molecular weight is 1140 g/mol. The number of imidazole rings is 2. The third-order valence-corrected chi connectivity index (χ3v) is 18.4. The number of hydrogen-bond donors (Lipinski definition) is 0. The molecule has 90 heavy (non-hydrogen) atoms. The van der Waals surface area contributed by atoms with E-state index >= 15 is 0 Å². The Morgan fingerprint density at radius 3 is 0.978 bits per heavy atom. The first kappa shape index (κ1) is 51.3. The van der Waals surface area contributed by atoms with Crippen molar-refractivity contribution in [2.24, 2.45) is 0 Å². The lowest BCUT2D eigenvalue weighted by molar-refractivity contribution is 1.10. The van der Waals surface area contributed by atoms with Crippen molar-refractivity contribution in [2.45, 2.75) is 0 Å². The van der Waals surface area contributed by atoms with E-state index in [1.165, 1.54) is 81.7 Å². The normalized spacial score (nSPS) is 11.8. The van der Waals surface area contributed by atoms with Crippen molar-refractivity contribution in [3.8, 4) is 89.8 Å². The molecule has 0 saturated heterocycles. The van der Waals surface area contributed by atoms with Crippen molar-refractivity contribution in [3.05, 3.63) is 328 Å². The molecule has 0 saturated carbocycles. The molecule has 0 bridgehead atoms. The van der Waals surface area contributed by atoms with E-state index in [0.29, 0.717) is 0 Å². The summed E-state index contributed by atoms with van der Waals surface area (Å²) in [6.07, 6.45) is 0. The molecule has 418 valence electrons. The van der Waals surface area contributed by atoms with Gasteiger partial charge in [0.15, 0.2) is 0 Å². The Morgan fingerprint density at radius 1 is 0.189 bits per heavy atom. The first-order chi connectivity index (χ1) is 44.6. The van der Waals surface area contributed by atoms with E-state index in [0.717, 1.165) is 94.8 Å². The molecular weight excluding hydrogens is 1090 g/mol. The number of hydrogen-bond acceptors (Lipinski definition) is 2. The number of para-hydroxylation sites is 6. The molecule has 0 unspecified atom stereocenters. The van der Waals surface area contributed by atoms with Crippen LogP contribution in [0.15, 0.2) is 328 Å². The second kappa shape index (κ2) is 20.9. The first-order valence-electron chi connectivity index (χ1n) is 30.9. The highest BCUT2D eigenvalue weighted by Crippen LogP contribution is 2.50. The largest absolute Gasteiger partial charge is 0.292 e. The molecular formula is C86H54N4. The molecule has 0 aliphatic rings. The summed E-state index contributed by atoms with van der Waals surface area (Å²) in [7, 11) is 0. The molecule has 2 heterocycles. The third kappa shape index (κ3) is 8.38. The number of nitrogens with zero attached hydrogens (tertiary/aromatic N) is 4. The predicted molar refractivity (Wildman–Crippen MR) is 379 cm³/mol. The molecule has 16 aromatic carbocycles. The molecule has 0 atom stereocenters. The van der Waals surface area contributed by atoms with Gasteiger partial charge in [-0.05, 0) is 205 Å². The van der Waals surface area contributed by atoms with Crippen LogP contribution in [0, 0.1) is 0 Å². The van der Waals surface area contributed by atoms with Gasteiger partial charge in [0.2, 0.25) is 0 Å². The Labute approximate surface area is 520 Å². The van der Waals surface area contributed by atoms with Gasteiger partial charge in [0.25, 0.3) is 0 Å². The Kier molecular flexibility index (Phi) is 11.9. The standard InChI is InChI=1S/C86H54N4/c1-5-21-55(22-6-1)65-45-47-70-71(53-65)82(75-51-63-27-15-16-28-64(63)52-76(75)84(70)86-88-78-34-18-20-36-80(78)90(86)68-31-11-4-12-32-68)59-41-37-56(38-42-59)57-39-43-60(44-40-57)83-72-54-66(85-87-77-33-17-19-35-79(77)89(85)67-29-9-3-10-30-67)46-48-69(72)81(58-23-7-2-8-24-58)73-49-61-25-13-14-26-62(61)50-74(73)83/h1-54H. The zero-order valence-electron chi connectivity index (χ0n) is 49.0. The minimum Gasteiger partial charge on any atom is -0.292 e. The van der Waals surface area contributed by atoms with Gasteiger partial charge in [0.1, 0.15) is 11.6 Å². The van der Waals surface area contributed by atoms with Crippen LogP contribution in [0.2, 0.25) is 0 Å². The average Bonchev–Trinajstić information content (AvgIpc) is 1.04. The topological polar surface area (TPSA) is 35.6 Å². The second-order valence-electron chi connectivity index (χ2n) is 23.6. The fourth-order valence-corrected chi connectivity index (χ4v) is 14.3. The summed E-state index contributed by atoms with van der Waals surface area (Å²) in [5.74, 6) is 1.82. The van der Waals surface area contributed by atoms with Crippen LogP contribution in [-0.4, -0.2) is 19.1 Å². The fourth-order valence-electron chi connectivity index (χ4n) is 14.3. The van der Waals surface area contributed by atoms with Crippen molar-refractivity contribution >= 4 is 86.7 Å². The van der Waals surface area contributed by atoms with E-state index in [-0.39, 0.29) is 0 Å². The lowest BCUT2D eigenvalue weighted by Crippen LogP contribution is -2.00. The second-order valence-corrected chi connectivity index (χ2v) is 23.6. The van der Waals surface area contributed by atoms with Gasteiger partial charge in [-0.15, -0.1) is 0 Å². The van der Waals surface area contributed by atoms with Gasteiger partial charge >= 0.3 is 0 Å². The summed E-state index contributed by atoms with van der Waals surface area (Å²) in [6, 6.07) is 120. The van der Waals surface area contributed by atoms with Gasteiger partial charge in [-0.3, -0.25) is 9.13 Å². The maximum absolute atomic E-state index is 5.55. The van der Waals surface area contributed by atoms with Crippen LogP contribution in [0.1, 0.15) is 0 Å². The molecule has 0 spiro atoms. The molecule has 0 aliphatic heterocycles. The molecule has 4 heteroatoms. The van der Waals surface area contributed by atoms with E-state index in [1.54, 1.807) is 0 Å². The number of rotatable bonds is 9. The summed E-state index contributed by atoms with van der Waals surface area (Å²) in [5, 5.41) is 14.2. The molecule has 18 aromatic rings. The van der Waals surface area contributed by atoms with Crippen LogP contribution in [0.5, 0.6) is 0 Å². The van der Waals surface area contributed by atoms with Crippen molar-refractivity contribution in [1.29, 1.82) is 0 Å². The lowest BCUT2D eigenvalue weighted by atomic mass is 9.84. The molecule has 18 rings (SSSR count). The summed E-state index contributed by atoms with van der Waals surface area (Å²) >= 11 is 0. The SMILES string of the molecule is c1ccc(-c2ccc3c(-c4nc5ccccc5n4-c4ccccc4)c4cc5ccccc5cc4c(-c4ccc(-c5ccc(-c6c7cc(-c8nc9ccccc9n8-c8ccccc8)ccc7c(-c7ccccc7)c7cc8ccccc8cc67)cc5)cc4)c3c2)cc1. The Bertz CT molecular complexity index is 5800. The Balaban J connectivity index is 0.826. The number of benzene rings is 16. The van der Waals surface area contributed by atoms with Crippen molar-refractivity contribution < 1.29 is 0 Å². The van der Waals surface area contributed by atoms with Gasteiger partial charge in [-0.2, -0.15) is 0 Å².